The molecule has 24 heavy (non-hydrogen) atoms. The Hall–Kier alpha value is -3.20. The Morgan fingerprint density at radius 3 is 2.79 bits per heavy atom. The highest BCUT2D eigenvalue weighted by atomic mass is 16.5. The van der Waals surface area contributed by atoms with Crippen molar-refractivity contribution in [3.05, 3.63) is 47.9 Å². The summed E-state index contributed by atoms with van der Waals surface area (Å²) in [6.45, 7) is -0.273. The largest absolute Gasteiger partial charge is 0.480 e. The zero-order valence-corrected chi connectivity index (χ0v) is 12.5. The normalized spacial score (nSPS) is 18.5. The van der Waals surface area contributed by atoms with Gasteiger partial charge in [-0.05, 0) is 5.56 Å². The number of carboxylic acids is 1. The van der Waals surface area contributed by atoms with Gasteiger partial charge < -0.3 is 19.7 Å². The van der Waals surface area contributed by atoms with Gasteiger partial charge in [-0.3, -0.25) is 10.5 Å². The second-order valence-corrected chi connectivity index (χ2v) is 5.19. The first-order valence-corrected chi connectivity index (χ1v) is 7.08. The Labute approximate surface area is 136 Å². The van der Waals surface area contributed by atoms with E-state index in [2.05, 4.69) is 15.3 Å². The number of hydrogen-bond donors (Lipinski definition) is 3. The van der Waals surface area contributed by atoms with Crippen LogP contribution in [0.3, 0.4) is 0 Å². The minimum absolute atomic E-state index is 0.0484. The van der Waals surface area contributed by atoms with E-state index < -0.39 is 17.6 Å². The van der Waals surface area contributed by atoms with E-state index in [4.69, 9.17) is 15.6 Å². The topological polar surface area (TPSA) is 132 Å². The molecule has 0 radical (unpaired) electrons. The lowest BCUT2D eigenvalue weighted by Crippen LogP contribution is -2.47. The second-order valence-electron chi connectivity index (χ2n) is 5.19. The Bertz CT molecular complexity index is 801. The fraction of sp³-hybridized carbons (Fsp3) is 0.200. The first kappa shape index (κ1) is 15.7. The number of nitrogens with one attached hydrogen (secondary N) is 1. The number of rotatable bonds is 5. The molecule has 1 unspecified atom stereocenters. The molecule has 0 bridgehead atoms. The van der Waals surface area contributed by atoms with Gasteiger partial charge in [0.25, 0.3) is 5.66 Å². The number of carbonyl (C=O) groups excluding carboxylic acids is 1. The lowest BCUT2D eigenvalue weighted by atomic mass is 10.1. The van der Waals surface area contributed by atoms with Crippen LogP contribution in [0.15, 0.2) is 41.7 Å². The van der Waals surface area contributed by atoms with E-state index in [-0.39, 0.29) is 18.8 Å². The summed E-state index contributed by atoms with van der Waals surface area (Å²) < 4.78 is 6.58. The van der Waals surface area contributed by atoms with E-state index in [9.17, 15) is 9.59 Å². The van der Waals surface area contributed by atoms with E-state index >= 15 is 0 Å². The van der Waals surface area contributed by atoms with Crippen LogP contribution in [0.2, 0.25) is 0 Å². The number of aromatic nitrogens is 2. The van der Waals surface area contributed by atoms with Crippen molar-refractivity contribution in [2.75, 3.05) is 5.32 Å². The van der Waals surface area contributed by atoms with Gasteiger partial charge in [0, 0.05) is 0 Å². The van der Waals surface area contributed by atoms with Crippen molar-refractivity contribution in [2.45, 2.75) is 18.8 Å². The molecule has 1 aromatic heterocycles. The smallest absolute Gasteiger partial charge is 0.355 e. The first-order valence-electron chi connectivity index (χ1n) is 7.08. The second kappa shape index (κ2) is 6.13. The van der Waals surface area contributed by atoms with E-state index in [1.165, 1.54) is 17.2 Å². The van der Waals surface area contributed by atoms with E-state index in [1.807, 2.05) is 30.3 Å². The average molecular weight is 329 g/mol. The lowest BCUT2D eigenvalue weighted by molar-refractivity contribution is -0.151. The van der Waals surface area contributed by atoms with Gasteiger partial charge in [-0.15, -0.1) is 0 Å². The number of esters is 1. The van der Waals surface area contributed by atoms with Gasteiger partial charge in [0.1, 0.15) is 24.7 Å². The molecular weight excluding hydrogens is 314 g/mol. The molecule has 124 valence electrons. The summed E-state index contributed by atoms with van der Waals surface area (Å²) in [5.41, 5.74) is 5.19. The summed E-state index contributed by atoms with van der Waals surface area (Å²) >= 11 is 0. The number of ether oxygens (including phenoxy) is 1. The van der Waals surface area contributed by atoms with E-state index in [0.717, 1.165) is 5.56 Å². The molecule has 9 heteroatoms. The van der Waals surface area contributed by atoms with Crippen molar-refractivity contribution < 1.29 is 19.4 Å². The fourth-order valence-electron chi connectivity index (χ4n) is 2.32. The summed E-state index contributed by atoms with van der Waals surface area (Å²) in [7, 11) is 0. The van der Waals surface area contributed by atoms with Crippen LogP contribution in [0.25, 0.3) is 0 Å². The van der Waals surface area contributed by atoms with E-state index in [1.54, 1.807) is 0 Å². The molecule has 1 atom stereocenters. The number of hydrogen-bond acceptors (Lipinski definition) is 7. The van der Waals surface area contributed by atoms with Crippen LogP contribution in [-0.4, -0.2) is 32.9 Å². The highest BCUT2D eigenvalue weighted by Crippen LogP contribution is 2.30. The third-order valence-corrected chi connectivity index (χ3v) is 3.50. The summed E-state index contributed by atoms with van der Waals surface area (Å²) in [5.74, 6) is -1.52. The summed E-state index contributed by atoms with van der Waals surface area (Å²) in [4.78, 5) is 31.3. The molecule has 0 spiro atoms. The number of anilines is 1. The number of carbonyl (C=O) groups is 2. The highest BCUT2D eigenvalue weighted by Gasteiger charge is 2.44. The maximum atomic E-state index is 12.4. The SMILES string of the molecule is NC1(C(=O)OCc2ccccc2)N=CNc2c1ncn2CC(=O)O. The summed E-state index contributed by atoms with van der Waals surface area (Å²) in [6.07, 6.45) is 2.51. The molecule has 0 aliphatic carbocycles. The number of nitrogens with two attached hydrogens (primary N) is 1. The molecule has 0 fully saturated rings. The molecule has 0 saturated carbocycles. The van der Waals surface area contributed by atoms with Crippen LogP contribution in [0.5, 0.6) is 0 Å². The number of carboxylic acid groups (broad SMARTS) is 1. The van der Waals surface area contributed by atoms with Crippen LogP contribution in [0.4, 0.5) is 5.82 Å². The Balaban J connectivity index is 1.81. The van der Waals surface area contributed by atoms with Crippen molar-refractivity contribution in [3.8, 4) is 0 Å². The van der Waals surface area contributed by atoms with Crippen LogP contribution in [-0.2, 0) is 33.1 Å². The van der Waals surface area contributed by atoms with Crippen LogP contribution in [0, 0.1) is 0 Å². The van der Waals surface area contributed by atoms with Gasteiger partial charge in [-0.25, -0.2) is 14.8 Å². The molecule has 0 amide bonds. The van der Waals surface area contributed by atoms with Crippen molar-refractivity contribution in [1.82, 2.24) is 9.55 Å². The molecule has 1 aromatic carbocycles. The minimum atomic E-state index is -1.82. The highest BCUT2D eigenvalue weighted by molar-refractivity contribution is 5.91. The quantitative estimate of drug-likeness (QED) is 0.671. The zero-order valence-electron chi connectivity index (χ0n) is 12.5. The number of benzene rings is 1. The number of fused-ring (bicyclic) bond motifs is 1. The molecule has 2 aromatic rings. The maximum absolute atomic E-state index is 12.4. The first-order chi connectivity index (χ1) is 11.5. The standard InChI is InChI=1S/C15H15N5O4/c16-15(14(23)24-7-10-4-2-1-3-5-10)12-13(17-8-19-15)20(9-18-12)6-11(21)22/h1-5,8-9H,6-7,16H2,(H,17,19)(H,21,22). The average Bonchev–Trinajstić information content (AvgIpc) is 2.97. The van der Waals surface area contributed by atoms with Crippen LogP contribution >= 0.6 is 0 Å². The van der Waals surface area contributed by atoms with Crippen molar-refractivity contribution in [1.29, 1.82) is 0 Å². The molecule has 2 heterocycles. The predicted octanol–water partition coefficient (Wildman–Crippen LogP) is 0.276. The fourth-order valence-corrected chi connectivity index (χ4v) is 2.32. The zero-order chi connectivity index (χ0) is 17.2. The van der Waals surface area contributed by atoms with Gasteiger partial charge in [0.15, 0.2) is 0 Å². The predicted molar refractivity (Wildman–Crippen MR) is 84.1 cm³/mol. The molecule has 0 saturated heterocycles. The van der Waals surface area contributed by atoms with Crippen LogP contribution in [0.1, 0.15) is 11.3 Å². The molecular formula is C15H15N5O4. The third kappa shape index (κ3) is 2.84. The lowest BCUT2D eigenvalue weighted by Gasteiger charge is -2.25. The Kier molecular flexibility index (Phi) is 4.00. The van der Waals surface area contributed by atoms with Gasteiger partial charge in [0.2, 0.25) is 0 Å². The van der Waals surface area contributed by atoms with E-state index in [0.29, 0.717) is 5.82 Å². The van der Waals surface area contributed by atoms with Crippen molar-refractivity contribution >= 4 is 24.1 Å². The Morgan fingerprint density at radius 1 is 1.33 bits per heavy atom. The van der Waals surface area contributed by atoms with Gasteiger partial charge >= 0.3 is 11.9 Å². The third-order valence-electron chi connectivity index (χ3n) is 3.50. The minimum Gasteiger partial charge on any atom is -0.480 e. The Morgan fingerprint density at radius 2 is 2.08 bits per heavy atom. The number of aliphatic imine (C=N–C) groups is 1. The van der Waals surface area contributed by atoms with Crippen LogP contribution < -0.4 is 11.1 Å². The maximum Gasteiger partial charge on any atom is 0.355 e. The summed E-state index contributed by atoms with van der Waals surface area (Å²) in [6, 6.07) is 9.14. The van der Waals surface area contributed by atoms with Crippen molar-refractivity contribution in [3.63, 3.8) is 0 Å². The van der Waals surface area contributed by atoms with Gasteiger partial charge in [-0.2, -0.15) is 0 Å². The molecule has 1 aliphatic heterocycles. The number of nitrogens with zero attached hydrogens (tertiary/aromatic N) is 3. The molecule has 4 N–H and O–H groups in total. The van der Waals surface area contributed by atoms with Gasteiger partial charge in [-0.1, -0.05) is 30.3 Å². The number of aliphatic carboxylic acids is 1. The monoisotopic (exact) mass is 329 g/mol. The molecule has 1 aliphatic rings. The summed E-state index contributed by atoms with van der Waals surface area (Å²) in [5, 5.41) is 11.7. The van der Waals surface area contributed by atoms with Gasteiger partial charge in [0.05, 0.1) is 12.7 Å². The molecule has 9 nitrogen and oxygen atoms in total. The van der Waals surface area contributed by atoms with Crippen molar-refractivity contribution in [2.24, 2.45) is 10.7 Å². The molecule has 3 rings (SSSR count). The number of imidazole rings is 1.